The number of nitrogens with zero attached hydrogens (tertiary/aromatic N) is 2. The predicted octanol–water partition coefficient (Wildman–Crippen LogP) is 4.70. The van der Waals surface area contributed by atoms with Gasteiger partial charge < -0.3 is 25.6 Å². The van der Waals surface area contributed by atoms with Crippen LogP contribution in [-0.4, -0.2) is 28.4 Å². The maximum absolute atomic E-state index is 13.3. The minimum Gasteiger partial charge on any atom is -0.408 e. The smallest absolute Gasteiger partial charge is 0.408 e. The number of alkyl halides is 3. The van der Waals surface area contributed by atoms with Gasteiger partial charge in [-0.2, -0.15) is 13.2 Å². The van der Waals surface area contributed by atoms with E-state index in [0.29, 0.717) is 5.69 Å². The van der Waals surface area contributed by atoms with Crippen molar-refractivity contribution in [2.75, 3.05) is 6.54 Å². The van der Waals surface area contributed by atoms with E-state index in [1.807, 2.05) is 20.8 Å². The molecule has 1 aliphatic heterocycles. The first kappa shape index (κ1) is 23.7. The van der Waals surface area contributed by atoms with Crippen LogP contribution >= 0.6 is 11.6 Å². The molecule has 0 spiro atoms. The molecular weight excluding hydrogens is 453 g/mol. The number of hydrogen-bond acceptors (Lipinski definition) is 5. The molecule has 0 radical (unpaired) electrons. The van der Waals surface area contributed by atoms with Crippen molar-refractivity contribution in [3.63, 3.8) is 0 Å². The molecule has 174 valence electrons. The highest BCUT2D eigenvalue weighted by molar-refractivity contribution is 6.33. The summed E-state index contributed by atoms with van der Waals surface area (Å²) in [6.45, 7) is 5.88. The highest BCUT2D eigenvalue weighted by Crippen LogP contribution is 2.52. The minimum atomic E-state index is -4.59. The van der Waals surface area contributed by atoms with E-state index >= 15 is 0 Å². The Balaban J connectivity index is 2.30. The van der Waals surface area contributed by atoms with Gasteiger partial charge in [-0.15, -0.1) is 5.06 Å². The van der Waals surface area contributed by atoms with Gasteiger partial charge in [0.25, 0.3) is 0 Å². The number of fused-ring (bicyclic) bond motifs is 1. The van der Waals surface area contributed by atoms with Crippen LogP contribution in [0.4, 0.5) is 22.8 Å². The lowest BCUT2D eigenvalue weighted by Crippen LogP contribution is -2.45. The molecule has 0 fully saturated rings. The van der Waals surface area contributed by atoms with Crippen molar-refractivity contribution in [2.24, 2.45) is 16.9 Å². The van der Waals surface area contributed by atoms with Crippen molar-refractivity contribution >= 4 is 23.8 Å². The number of ether oxygens (including phenoxy) is 1. The number of halogens is 4. The molecule has 2 heterocycles. The summed E-state index contributed by atoms with van der Waals surface area (Å²) in [5.41, 5.74) is 9.44. The monoisotopic (exact) mass is 474 g/mol. The third kappa shape index (κ3) is 4.49. The van der Waals surface area contributed by atoms with Crippen molar-refractivity contribution in [2.45, 2.75) is 39.5 Å². The van der Waals surface area contributed by atoms with Crippen molar-refractivity contribution < 1.29 is 32.3 Å². The predicted molar refractivity (Wildman–Crippen MR) is 110 cm³/mol. The third-order valence-electron chi connectivity index (χ3n) is 4.99. The first-order chi connectivity index (χ1) is 14.7. The van der Waals surface area contributed by atoms with Crippen LogP contribution in [0.25, 0.3) is 11.1 Å². The molecule has 8 nitrogen and oxygen atoms in total. The first-order valence-electron chi connectivity index (χ1n) is 9.52. The number of hydroxylamine groups is 2. The molecule has 0 aliphatic carbocycles. The lowest BCUT2D eigenvalue weighted by atomic mass is 9.83. The van der Waals surface area contributed by atoms with Gasteiger partial charge in [0.15, 0.2) is 5.75 Å². The van der Waals surface area contributed by atoms with E-state index in [0.717, 1.165) is 12.1 Å². The van der Waals surface area contributed by atoms with E-state index in [1.54, 1.807) is 4.57 Å². The molecule has 2 amide bonds. The summed E-state index contributed by atoms with van der Waals surface area (Å²) in [5.74, 6) is -0.112. The molecule has 2 aromatic rings. The van der Waals surface area contributed by atoms with Crippen LogP contribution < -0.4 is 16.2 Å². The molecule has 3 rings (SSSR count). The standard InChI is InChI=1S/C20H22ClF3N4O4/c1-19(2,3)15-13-14(31-17(25)29)12(10-5-4-6-11(9-10)20(22,23)24)16(21)27(13)7-8-28(15)32-18(26)30/h4-6,9,15H,7-8H2,1-3H3,(H2,25,29)(H2,26,30). The highest BCUT2D eigenvalue weighted by atomic mass is 35.5. The third-order valence-corrected chi connectivity index (χ3v) is 5.39. The number of aromatic nitrogens is 1. The van der Waals surface area contributed by atoms with Gasteiger partial charge in [-0.1, -0.05) is 44.5 Å². The van der Waals surface area contributed by atoms with Crippen LogP contribution in [0.3, 0.4) is 0 Å². The molecule has 32 heavy (non-hydrogen) atoms. The molecule has 1 aliphatic rings. The number of rotatable bonds is 3. The van der Waals surface area contributed by atoms with E-state index in [9.17, 15) is 22.8 Å². The molecule has 0 saturated carbocycles. The van der Waals surface area contributed by atoms with E-state index in [4.69, 9.17) is 32.6 Å². The fraction of sp³-hybridized carbons (Fsp3) is 0.400. The molecule has 1 unspecified atom stereocenters. The average molecular weight is 475 g/mol. The largest absolute Gasteiger partial charge is 0.423 e. The topological polar surface area (TPSA) is 113 Å². The zero-order chi connectivity index (χ0) is 24.0. The Morgan fingerprint density at radius 1 is 1.12 bits per heavy atom. The van der Waals surface area contributed by atoms with Gasteiger partial charge in [0.05, 0.1) is 29.4 Å². The van der Waals surface area contributed by atoms with Gasteiger partial charge in [0, 0.05) is 6.54 Å². The molecule has 1 aromatic heterocycles. The van der Waals surface area contributed by atoms with Gasteiger partial charge in [0.1, 0.15) is 5.15 Å². The Bertz CT molecular complexity index is 1060. The number of benzene rings is 1. The molecule has 1 atom stereocenters. The van der Waals surface area contributed by atoms with E-state index in [2.05, 4.69) is 0 Å². The SMILES string of the molecule is CC(C)(C)C1c2c(OC(N)=O)c(-c3cccc(C(F)(F)F)c3)c(Cl)n2CCN1OC(N)=O. The summed E-state index contributed by atoms with van der Waals surface area (Å²) in [6.07, 6.45) is -6.81. The zero-order valence-electron chi connectivity index (χ0n) is 17.5. The number of primary amides is 2. The van der Waals surface area contributed by atoms with Crippen molar-refractivity contribution in [1.29, 1.82) is 0 Å². The number of amides is 2. The number of carbonyl (C=O) groups is 2. The molecule has 4 N–H and O–H groups in total. The molecular formula is C20H22ClF3N4O4. The van der Waals surface area contributed by atoms with Crippen molar-refractivity contribution in [3.05, 3.63) is 40.7 Å². The van der Waals surface area contributed by atoms with Crippen molar-refractivity contribution in [3.8, 4) is 16.9 Å². The van der Waals surface area contributed by atoms with Gasteiger partial charge in [-0.05, 0) is 23.1 Å². The Morgan fingerprint density at radius 2 is 1.78 bits per heavy atom. The van der Waals surface area contributed by atoms with Crippen LogP contribution in [0.15, 0.2) is 24.3 Å². The second-order valence-corrected chi connectivity index (χ2v) is 8.71. The summed E-state index contributed by atoms with van der Waals surface area (Å²) < 4.78 is 46.8. The molecule has 0 saturated heterocycles. The number of carbonyl (C=O) groups excluding carboxylic acids is 2. The van der Waals surface area contributed by atoms with Gasteiger partial charge in [0.2, 0.25) is 0 Å². The number of nitrogens with two attached hydrogens (primary N) is 2. The first-order valence-corrected chi connectivity index (χ1v) is 9.90. The zero-order valence-corrected chi connectivity index (χ0v) is 18.3. The Morgan fingerprint density at radius 3 is 2.31 bits per heavy atom. The summed E-state index contributed by atoms with van der Waals surface area (Å²) in [6, 6.07) is 3.76. The van der Waals surface area contributed by atoms with Crippen LogP contribution in [0.2, 0.25) is 5.15 Å². The summed E-state index contributed by atoms with van der Waals surface area (Å²) in [4.78, 5) is 28.4. The van der Waals surface area contributed by atoms with Crippen LogP contribution in [-0.2, 0) is 17.6 Å². The highest BCUT2D eigenvalue weighted by Gasteiger charge is 2.44. The molecule has 12 heteroatoms. The lowest BCUT2D eigenvalue weighted by Gasteiger charge is -2.42. The summed E-state index contributed by atoms with van der Waals surface area (Å²) >= 11 is 6.60. The van der Waals surface area contributed by atoms with Crippen molar-refractivity contribution in [1.82, 2.24) is 9.63 Å². The Hall–Kier alpha value is -2.92. The second-order valence-electron chi connectivity index (χ2n) is 8.35. The van der Waals surface area contributed by atoms with Gasteiger partial charge in [-0.3, -0.25) is 0 Å². The van der Waals surface area contributed by atoms with E-state index in [1.165, 1.54) is 17.2 Å². The van der Waals surface area contributed by atoms with E-state index < -0.39 is 35.4 Å². The maximum atomic E-state index is 13.3. The Kier molecular flexibility index (Phi) is 6.09. The maximum Gasteiger partial charge on any atom is 0.423 e. The van der Waals surface area contributed by atoms with Gasteiger partial charge in [-0.25, -0.2) is 9.59 Å². The quantitative estimate of drug-likeness (QED) is 0.669. The Labute approximate surface area is 186 Å². The molecule has 1 aromatic carbocycles. The average Bonchev–Trinajstić information content (AvgIpc) is 2.90. The normalized spacial score (nSPS) is 17.0. The van der Waals surface area contributed by atoms with Gasteiger partial charge >= 0.3 is 18.4 Å². The summed E-state index contributed by atoms with van der Waals surface area (Å²) in [5, 5.41) is 1.39. The second kappa shape index (κ2) is 8.21. The fourth-order valence-corrected chi connectivity index (χ4v) is 4.27. The molecule has 0 bridgehead atoms. The van der Waals surface area contributed by atoms with Crippen LogP contribution in [0.1, 0.15) is 38.1 Å². The summed E-state index contributed by atoms with van der Waals surface area (Å²) in [7, 11) is 0. The fourth-order valence-electron chi connectivity index (χ4n) is 3.90. The lowest BCUT2D eigenvalue weighted by molar-refractivity contribution is -0.168. The minimum absolute atomic E-state index is 0.0588. The van der Waals surface area contributed by atoms with E-state index in [-0.39, 0.29) is 35.1 Å². The number of hydrogen-bond donors (Lipinski definition) is 2. The van der Waals surface area contributed by atoms with Crippen LogP contribution in [0.5, 0.6) is 5.75 Å². The van der Waals surface area contributed by atoms with Crippen LogP contribution in [0, 0.1) is 5.41 Å².